The Balaban J connectivity index is 1.53. The molecule has 1 aliphatic carbocycles. The topological polar surface area (TPSA) is 96.4 Å². The summed E-state index contributed by atoms with van der Waals surface area (Å²) in [7, 11) is 1.55. The summed E-state index contributed by atoms with van der Waals surface area (Å²) >= 11 is 12.5. The molecule has 1 atom stereocenters. The van der Waals surface area contributed by atoms with E-state index in [4.69, 9.17) is 32.7 Å². The highest BCUT2D eigenvalue weighted by Crippen LogP contribution is 2.36. The van der Waals surface area contributed by atoms with Crippen molar-refractivity contribution < 1.29 is 29.0 Å². The maximum atomic E-state index is 11.9. The Morgan fingerprint density at radius 3 is 2.41 bits per heavy atom. The molecule has 2 aromatic carbocycles. The van der Waals surface area contributed by atoms with Gasteiger partial charge in [-0.15, -0.1) is 0 Å². The van der Waals surface area contributed by atoms with Crippen LogP contribution >= 0.6 is 23.2 Å². The zero-order valence-electron chi connectivity index (χ0n) is 22.0. The Labute approximate surface area is 238 Å². The lowest BCUT2D eigenvalue weighted by Crippen LogP contribution is -2.34. The third kappa shape index (κ3) is 7.65. The van der Waals surface area contributed by atoms with Gasteiger partial charge in [0.25, 0.3) is 0 Å². The lowest BCUT2D eigenvalue weighted by molar-refractivity contribution is -0.140. The first kappa shape index (κ1) is 29.2. The number of likely N-dealkylation sites (tertiary alicyclic amines) is 1. The van der Waals surface area contributed by atoms with Crippen molar-refractivity contribution in [3.05, 3.63) is 57.6 Å². The molecule has 2 aromatic rings. The van der Waals surface area contributed by atoms with E-state index in [9.17, 15) is 19.5 Å². The van der Waals surface area contributed by atoms with Gasteiger partial charge in [0.1, 0.15) is 6.61 Å². The number of methoxy groups -OCH3 is 1. The van der Waals surface area contributed by atoms with Crippen LogP contribution in [-0.4, -0.2) is 59.5 Å². The summed E-state index contributed by atoms with van der Waals surface area (Å²) in [4.78, 5) is 39.1. The van der Waals surface area contributed by atoms with Crippen molar-refractivity contribution in [2.24, 2.45) is 5.92 Å². The van der Waals surface area contributed by atoms with Crippen LogP contribution in [0.15, 0.2) is 36.4 Å². The highest BCUT2D eigenvalue weighted by Gasteiger charge is 2.29. The van der Waals surface area contributed by atoms with Gasteiger partial charge in [-0.2, -0.15) is 0 Å². The molecule has 1 saturated heterocycles. The predicted molar refractivity (Wildman–Crippen MR) is 148 cm³/mol. The van der Waals surface area contributed by atoms with Gasteiger partial charge in [-0.25, -0.2) is 0 Å². The van der Waals surface area contributed by atoms with Gasteiger partial charge in [0, 0.05) is 32.0 Å². The van der Waals surface area contributed by atoms with Crippen LogP contribution in [0.1, 0.15) is 62.1 Å². The third-order valence-electron chi connectivity index (χ3n) is 7.45. The van der Waals surface area contributed by atoms with Crippen LogP contribution in [0.25, 0.3) is 0 Å². The number of halogens is 2. The molecular weight excluding hydrogens is 543 g/mol. The van der Waals surface area contributed by atoms with E-state index in [1.807, 2.05) is 18.2 Å². The first-order valence-electron chi connectivity index (χ1n) is 13.3. The zero-order chi connectivity index (χ0) is 27.9. The van der Waals surface area contributed by atoms with E-state index in [1.54, 1.807) is 25.3 Å². The van der Waals surface area contributed by atoms with E-state index < -0.39 is 12.0 Å². The summed E-state index contributed by atoms with van der Waals surface area (Å²) in [5, 5.41) is 10.6. The molecule has 210 valence electrons. The molecule has 1 unspecified atom stereocenters. The van der Waals surface area contributed by atoms with Crippen molar-refractivity contribution in [2.75, 3.05) is 26.8 Å². The maximum absolute atomic E-state index is 11.9. The summed E-state index contributed by atoms with van der Waals surface area (Å²) in [6, 6.07) is 10.5. The largest absolute Gasteiger partial charge is 0.493 e. The Bertz CT molecular complexity index is 1180. The van der Waals surface area contributed by atoms with Crippen LogP contribution in [-0.2, 0) is 20.9 Å². The number of ether oxygens (including phenoxy) is 2. The van der Waals surface area contributed by atoms with Gasteiger partial charge in [-0.05, 0) is 54.2 Å². The molecule has 0 bridgehead atoms. The lowest BCUT2D eigenvalue weighted by atomic mass is 9.98. The SMILES string of the molecule is COc1cc(CN(CC2CCCC2)C(CC(=O)O)c2ccc(Cl)c(Cl)c2)ccc1OCCN1C(=O)CCC1=O. The van der Waals surface area contributed by atoms with E-state index in [2.05, 4.69) is 4.90 Å². The smallest absolute Gasteiger partial charge is 0.305 e. The fourth-order valence-electron chi connectivity index (χ4n) is 5.45. The van der Waals surface area contributed by atoms with Crippen LogP contribution in [0.2, 0.25) is 10.0 Å². The predicted octanol–water partition coefficient (Wildman–Crippen LogP) is 5.74. The number of imide groups is 1. The fraction of sp³-hybridized carbons (Fsp3) is 0.483. The molecule has 1 aliphatic heterocycles. The highest BCUT2D eigenvalue weighted by molar-refractivity contribution is 6.42. The van der Waals surface area contributed by atoms with Crippen molar-refractivity contribution in [3.8, 4) is 11.5 Å². The second kappa shape index (κ2) is 13.5. The highest BCUT2D eigenvalue weighted by atomic mass is 35.5. The van der Waals surface area contributed by atoms with Crippen molar-refractivity contribution in [3.63, 3.8) is 0 Å². The maximum Gasteiger partial charge on any atom is 0.305 e. The molecule has 8 nitrogen and oxygen atoms in total. The molecule has 2 aliphatic rings. The molecule has 4 rings (SSSR count). The Morgan fingerprint density at radius 2 is 1.77 bits per heavy atom. The van der Waals surface area contributed by atoms with E-state index in [0.29, 0.717) is 34.0 Å². The molecule has 0 spiro atoms. The average Bonchev–Trinajstić information content (AvgIpc) is 3.54. The third-order valence-corrected chi connectivity index (χ3v) is 8.18. The van der Waals surface area contributed by atoms with Crippen LogP contribution in [0.5, 0.6) is 11.5 Å². The van der Waals surface area contributed by atoms with Crippen LogP contribution in [0.3, 0.4) is 0 Å². The van der Waals surface area contributed by atoms with Crippen molar-refractivity contribution in [1.82, 2.24) is 9.80 Å². The number of hydrogen-bond donors (Lipinski definition) is 1. The minimum Gasteiger partial charge on any atom is -0.493 e. The number of carbonyl (C=O) groups excluding carboxylic acids is 2. The minimum atomic E-state index is -0.890. The molecule has 39 heavy (non-hydrogen) atoms. The van der Waals surface area contributed by atoms with Crippen LogP contribution < -0.4 is 9.47 Å². The number of hydrogen-bond acceptors (Lipinski definition) is 6. The fourth-order valence-corrected chi connectivity index (χ4v) is 5.76. The standard InChI is InChI=1S/C29H34Cl2N2O6/c1-38-26-14-20(6-9-25(26)39-13-12-33-27(34)10-11-28(33)35)18-32(17-19-4-2-3-5-19)24(16-29(36)37)21-7-8-22(30)23(31)15-21/h6-9,14-15,19,24H,2-5,10-13,16-18H2,1H3,(H,36,37). The van der Waals surface area contributed by atoms with Crippen LogP contribution in [0.4, 0.5) is 0 Å². The molecular formula is C29H34Cl2N2O6. The monoisotopic (exact) mass is 576 g/mol. The number of rotatable bonds is 13. The quantitative estimate of drug-likeness (QED) is 0.304. The molecule has 2 fully saturated rings. The Hall–Kier alpha value is -2.81. The van der Waals surface area contributed by atoms with Gasteiger partial charge in [0.05, 0.1) is 30.1 Å². The molecule has 1 heterocycles. The molecule has 10 heteroatoms. The molecule has 2 amide bonds. The first-order valence-corrected chi connectivity index (χ1v) is 14.0. The normalized spacial score (nSPS) is 16.8. The summed E-state index contributed by atoms with van der Waals surface area (Å²) in [5.41, 5.74) is 1.75. The number of aliphatic carboxylic acids is 1. The van der Waals surface area contributed by atoms with Gasteiger partial charge in [-0.3, -0.25) is 24.2 Å². The van der Waals surface area contributed by atoms with Gasteiger partial charge in [-0.1, -0.05) is 48.2 Å². The molecule has 1 N–H and O–H groups in total. The molecule has 0 radical (unpaired) electrons. The number of carboxylic acids is 1. The van der Waals surface area contributed by atoms with E-state index in [0.717, 1.165) is 30.5 Å². The molecule has 0 aromatic heterocycles. The summed E-state index contributed by atoms with van der Waals surface area (Å²) in [6.07, 6.45) is 5.04. The number of carboxylic acid groups (broad SMARTS) is 1. The second-order valence-electron chi connectivity index (χ2n) is 10.1. The number of carbonyl (C=O) groups is 3. The number of benzene rings is 2. The first-order chi connectivity index (χ1) is 18.7. The van der Waals surface area contributed by atoms with Crippen LogP contribution in [0, 0.1) is 5.92 Å². The van der Waals surface area contributed by atoms with Crippen molar-refractivity contribution in [2.45, 2.75) is 57.5 Å². The van der Waals surface area contributed by atoms with E-state index in [1.165, 1.54) is 17.7 Å². The van der Waals surface area contributed by atoms with Gasteiger partial charge < -0.3 is 14.6 Å². The van der Waals surface area contributed by atoms with Gasteiger partial charge in [0.2, 0.25) is 11.8 Å². The number of amides is 2. The Kier molecular flexibility index (Phi) is 10.1. The second-order valence-corrected chi connectivity index (χ2v) is 11.0. The summed E-state index contributed by atoms with van der Waals surface area (Å²) in [5.74, 6) is 0.284. The minimum absolute atomic E-state index is 0.0725. The molecule has 1 saturated carbocycles. The van der Waals surface area contributed by atoms with E-state index >= 15 is 0 Å². The van der Waals surface area contributed by atoms with Gasteiger partial charge in [0.15, 0.2) is 11.5 Å². The average molecular weight is 578 g/mol. The van der Waals surface area contributed by atoms with Gasteiger partial charge >= 0.3 is 5.97 Å². The summed E-state index contributed by atoms with van der Waals surface area (Å²) in [6.45, 7) is 1.62. The van der Waals surface area contributed by atoms with Crippen molar-refractivity contribution in [1.29, 1.82) is 0 Å². The van der Waals surface area contributed by atoms with E-state index in [-0.39, 0.29) is 44.2 Å². The van der Waals surface area contributed by atoms with Crippen molar-refractivity contribution >= 4 is 41.0 Å². The lowest BCUT2D eigenvalue weighted by Gasteiger charge is -2.34. The Morgan fingerprint density at radius 1 is 1.05 bits per heavy atom. The summed E-state index contributed by atoms with van der Waals surface area (Å²) < 4.78 is 11.4. The number of nitrogens with zero attached hydrogens (tertiary/aromatic N) is 2. The zero-order valence-corrected chi connectivity index (χ0v) is 23.5.